The molecule has 29 heavy (non-hydrogen) atoms. The van der Waals surface area contributed by atoms with Gasteiger partial charge in [0.05, 0.1) is 11.8 Å². The summed E-state index contributed by atoms with van der Waals surface area (Å²) in [6, 6.07) is 13.2. The SMILES string of the molecule is CC(C)c1ccc(N2C(=O)C(=O)/C(=C(\O)c3ccncc3)C2c2ccco2)cc1. The molecule has 1 aromatic carbocycles. The summed E-state index contributed by atoms with van der Waals surface area (Å²) in [5.74, 6) is -0.985. The Labute approximate surface area is 168 Å². The molecule has 1 amide bonds. The quantitative estimate of drug-likeness (QED) is 0.406. The zero-order valence-corrected chi connectivity index (χ0v) is 16.1. The number of aliphatic hydroxyl groups excluding tert-OH is 1. The minimum absolute atomic E-state index is 0.0101. The van der Waals surface area contributed by atoms with E-state index in [1.165, 1.54) is 23.6 Å². The molecular weight excluding hydrogens is 368 g/mol. The van der Waals surface area contributed by atoms with Crippen molar-refractivity contribution in [1.82, 2.24) is 4.98 Å². The molecule has 0 bridgehead atoms. The van der Waals surface area contributed by atoms with E-state index in [-0.39, 0.29) is 11.3 Å². The second-order valence-electron chi connectivity index (χ2n) is 7.17. The van der Waals surface area contributed by atoms with E-state index in [2.05, 4.69) is 18.8 Å². The van der Waals surface area contributed by atoms with Crippen molar-refractivity contribution in [2.24, 2.45) is 0 Å². The first kappa shape index (κ1) is 18.7. The van der Waals surface area contributed by atoms with Gasteiger partial charge in [0.1, 0.15) is 17.6 Å². The Morgan fingerprint density at radius 1 is 1.07 bits per heavy atom. The van der Waals surface area contributed by atoms with Crippen molar-refractivity contribution in [3.8, 4) is 0 Å². The molecule has 146 valence electrons. The molecule has 0 saturated carbocycles. The summed E-state index contributed by atoms with van der Waals surface area (Å²) in [5.41, 5.74) is 2.08. The van der Waals surface area contributed by atoms with Crippen LogP contribution >= 0.6 is 0 Å². The van der Waals surface area contributed by atoms with Crippen molar-refractivity contribution in [2.75, 3.05) is 4.90 Å². The summed E-state index contributed by atoms with van der Waals surface area (Å²) in [7, 11) is 0. The van der Waals surface area contributed by atoms with Gasteiger partial charge in [-0.05, 0) is 47.9 Å². The first-order valence-corrected chi connectivity index (χ1v) is 9.33. The van der Waals surface area contributed by atoms with Crippen molar-refractivity contribution in [2.45, 2.75) is 25.8 Å². The van der Waals surface area contributed by atoms with Gasteiger partial charge < -0.3 is 9.52 Å². The van der Waals surface area contributed by atoms with E-state index < -0.39 is 17.7 Å². The number of amides is 1. The Balaban J connectivity index is 1.88. The van der Waals surface area contributed by atoms with Gasteiger partial charge in [-0.3, -0.25) is 19.5 Å². The molecule has 1 aliphatic rings. The summed E-state index contributed by atoms with van der Waals surface area (Å²) < 4.78 is 5.54. The molecule has 2 aromatic heterocycles. The van der Waals surface area contributed by atoms with E-state index in [1.807, 2.05) is 24.3 Å². The molecular formula is C23H20N2O4. The fraction of sp³-hybridized carbons (Fsp3) is 0.174. The van der Waals surface area contributed by atoms with Gasteiger partial charge in [-0.25, -0.2) is 0 Å². The van der Waals surface area contributed by atoms with Crippen LogP contribution in [0.2, 0.25) is 0 Å². The number of benzene rings is 1. The number of carbonyl (C=O) groups excluding carboxylic acids is 2. The Morgan fingerprint density at radius 3 is 2.34 bits per heavy atom. The van der Waals surface area contributed by atoms with E-state index in [4.69, 9.17) is 4.42 Å². The lowest BCUT2D eigenvalue weighted by Crippen LogP contribution is -2.29. The molecule has 4 rings (SSSR count). The molecule has 0 aliphatic carbocycles. The predicted octanol–water partition coefficient (Wildman–Crippen LogP) is 4.42. The fourth-order valence-corrected chi connectivity index (χ4v) is 3.50. The third-order valence-corrected chi connectivity index (χ3v) is 5.05. The van der Waals surface area contributed by atoms with Crippen LogP contribution < -0.4 is 4.90 Å². The molecule has 1 fully saturated rings. The van der Waals surface area contributed by atoms with Crippen molar-refractivity contribution < 1.29 is 19.1 Å². The standard InChI is InChI=1S/C23H20N2O4/c1-14(2)15-5-7-17(8-6-15)25-20(18-4-3-13-29-18)19(22(27)23(25)28)21(26)16-9-11-24-12-10-16/h3-14,20,26H,1-2H3/b21-19-. The fourth-order valence-electron chi connectivity index (χ4n) is 3.50. The zero-order valence-electron chi connectivity index (χ0n) is 16.1. The van der Waals surface area contributed by atoms with E-state index in [9.17, 15) is 14.7 Å². The average molecular weight is 388 g/mol. The van der Waals surface area contributed by atoms with Crippen LogP contribution in [0.3, 0.4) is 0 Å². The summed E-state index contributed by atoms with van der Waals surface area (Å²) in [4.78, 5) is 31.2. The van der Waals surface area contributed by atoms with Gasteiger partial charge in [-0.15, -0.1) is 0 Å². The predicted molar refractivity (Wildman–Crippen MR) is 108 cm³/mol. The van der Waals surface area contributed by atoms with Crippen molar-refractivity contribution in [3.05, 3.63) is 89.6 Å². The minimum atomic E-state index is -0.858. The number of ketones is 1. The highest BCUT2D eigenvalue weighted by atomic mass is 16.3. The molecule has 1 aliphatic heterocycles. The first-order valence-electron chi connectivity index (χ1n) is 9.33. The second-order valence-corrected chi connectivity index (χ2v) is 7.17. The Kier molecular flexibility index (Phi) is 4.76. The number of furan rings is 1. The smallest absolute Gasteiger partial charge is 0.300 e. The number of hydrogen-bond donors (Lipinski definition) is 1. The molecule has 3 aromatic rings. The van der Waals surface area contributed by atoms with Crippen molar-refractivity contribution in [3.63, 3.8) is 0 Å². The van der Waals surface area contributed by atoms with Gasteiger partial charge in [-0.2, -0.15) is 0 Å². The largest absolute Gasteiger partial charge is 0.507 e. The lowest BCUT2D eigenvalue weighted by atomic mass is 9.99. The van der Waals surface area contributed by atoms with Gasteiger partial charge >= 0.3 is 0 Å². The monoisotopic (exact) mass is 388 g/mol. The van der Waals surface area contributed by atoms with Crippen LogP contribution in [0.5, 0.6) is 0 Å². The van der Waals surface area contributed by atoms with Crippen molar-refractivity contribution >= 4 is 23.1 Å². The van der Waals surface area contributed by atoms with Gasteiger partial charge in [0.2, 0.25) is 0 Å². The van der Waals surface area contributed by atoms with Crippen LogP contribution in [0.4, 0.5) is 5.69 Å². The number of anilines is 1. The highest BCUT2D eigenvalue weighted by Gasteiger charge is 2.48. The summed E-state index contributed by atoms with van der Waals surface area (Å²) in [5, 5.41) is 10.9. The summed E-state index contributed by atoms with van der Waals surface area (Å²) >= 11 is 0. The third-order valence-electron chi connectivity index (χ3n) is 5.05. The molecule has 6 nitrogen and oxygen atoms in total. The van der Waals surface area contributed by atoms with Gasteiger partial charge in [0.15, 0.2) is 0 Å². The van der Waals surface area contributed by atoms with Crippen molar-refractivity contribution in [1.29, 1.82) is 0 Å². The number of aliphatic hydroxyl groups is 1. The van der Waals surface area contributed by atoms with Crippen LogP contribution in [-0.2, 0) is 9.59 Å². The lowest BCUT2D eigenvalue weighted by molar-refractivity contribution is -0.132. The zero-order chi connectivity index (χ0) is 20.5. The molecule has 1 unspecified atom stereocenters. The number of Topliss-reactive ketones (excluding diaryl/α,β-unsaturated/α-hetero) is 1. The number of pyridine rings is 1. The molecule has 0 radical (unpaired) electrons. The molecule has 6 heteroatoms. The Morgan fingerprint density at radius 2 is 1.76 bits per heavy atom. The Bertz CT molecular complexity index is 1070. The molecule has 3 heterocycles. The highest BCUT2D eigenvalue weighted by Crippen LogP contribution is 2.42. The minimum Gasteiger partial charge on any atom is -0.507 e. The van der Waals surface area contributed by atoms with Gasteiger partial charge in [-0.1, -0.05) is 26.0 Å². The average Bonchev–Trinajstić information content (AvgIpc) is 3.35. The van der Waals surface area contributed by atoms with E-state index >= 15 is 0 Å². The van der Waals surface area contributed by atoms with Gasteiger partial charge in [0, 0.05) is 23.6 Å². The van der Waals surface area contributed by atoms with Crippen LogP contribution in [0, 0.1) is 0 Å². The maximum atomic E-state index is 13.0. The molecule has 1 N–H and O–H groups in total. The summed E-state index contributed by atoms with van der Waals surface area (Å²) in [6.45, 7) is 4.16. The maximum Gasteiger partial charge on any atom is 0.300 e. The topological polar surface area (TPSA) is 83.6 Å². The summed E-state index contributed by atoms with van der Waals surface area (Å²) in [6.07, 6.45) is 4.50. The lowest BCUT2D eigenvalue weighted by Gasteiger charge is -2.23. The number of carbonyl (C=O) groups is 2. The number of hydrogen-bond acceptors (Lipinski definition) is 5. The maximum absolute atomic E-state index is 13.0. The van der Waals surface area contributed by atoms with E-state index in [0.29, 0.717) is 22.9 Å². The van der Waals surface area contributed by atoms with E-state index in [0.717, 1.165) is 5.56 Å². The molecule has 1 saturated heterocycles. The number of nitrogens with zero attached hydrogens (tertiary/aromatic N) is 2. The first-order chi connectivity index (χ1) is 14.0. The molecule has 1 atom stereocenters. The normalized spacial score (nSPS) is 18.6. The van der Waals surface area contributed by atoms with Crippen LogP contribution in [0.15, 0.2) is 77.2 Å². The van der Waals surface area contributed by atoms with Crippen LogP contribution in [-0.4, -0.2) is 21.8 Å². The van der Waals surface area contributed by atoms with Crippen LogP contribution in [0.1, 0.15) is 42.7 Å². The molecule has 0 spiro atoms. The van der Waals surface area contributed by atoms with Gasteiger partial charge in [0.25, 0.3) is 11.7 Å². The Hall–Kier alpha value is -3.67. The van der Waals surface area contributed by atoms with E-state index in [1.54, 1.807) is 24.3 Å². The number of aromatic nitrogens is 1. The second kappa shape index (κ2) is 7.39. The highest BCUT2D eigenvalue weighted by molar-refractivity contribution is 6.51. The number of rotatable bonds is 4. The third kappa shape index (κ3) is 3.23. The van der Waals surface area contributed by atoms with Crippen LogP contribution in [0.25, 0.3) is 5.76 Å².